The number of benzene rings is 2. The Morgan fingerprint density at radius 1 is 1.02 bits per heavy atom. The smallest absolute Gasteiger partial charge is 0.327 e. The van der Waals surface area contributed by atoms with Crippen molar-refractivity contribution in [2.45, 2.75) is 86.7 Å². The first-order valence-electron chi connectivity index (χ1n) is 15.8. The maximum absolute atomic E-state index is 14.0. The number of carbonyl (C=O) groups excluding carboxylic acids is 4. The molecule has 47 heavy (non-hydrogen) atoms. The molecular weight excluding hydrogens is 622 g/mol. The van der Waals surface area contributed by atoms with Crippen molar-refractivity contribution in [3.05, 3.63) is 75.6 Å². The number of fused-ring (bicyclic) bond motifs is 4. The number of aromatic nitrogens is 1. The summed E-state index contributed by atoms with van der Waals surface area (Å²) in [7, 11) is 0. The van der Waals surface area contributed by atoms with Crippen LogP contribution >= 0.6 is 11.8 Å². The molecule has 4 heterocycles. The van der Waals surface area contributed by atoms with E-state index in [1.54, 1.807) is 62.5 Å². The second kappa shape index (κ2) is 11.3. The number of thioether (sulfide) groups is 1. The van der Waals surface area contributed by atoms with Crippen molar-refractivity contribution >= 4 is 58.0 Å². The molecule has 0 radical (unpaired) electrons. The monoisotopic (exact) mass is 657 g/mol. The second-order valence-electron chi connectivity index (χ2n) is 13.2. The van der Waals surface area contributed by atoms with Crippen molar-refractivity contribution in [3.8, 4) is 0 Å². The molecule has 2 aromatic carbocycles. The Morgan fingerprint density at radius 2 is 1.74 bits per heavy atom. The van der Waals surface area contributed by atoms with Crippen LogP contribution in [0.1, 0.15) is 85.9 Å². The molecule has 6 atom stereocenters. The summed E-state index contributed by atoms with van der Waals surface area (Å²) in [6.45, 7) is 4.95. The van der Waals surface area contributed by atoms with Crippen LogP contribution < -0.4 is 21.4 Å². The molecule has 3 aliphatic heterocycles. The average Bonchev–Trinajstić information content (AvgIpc) is 3.50. The number of amides is 4. The number of carboxylic acids is 1. The summed E-state index contributed by atoms with van der Waals surface area (Å²) in [5.41, 5.74) is 2.17. The number of aliphatic carboxylic acids is 1. The lowest BCUT2D eigenvalue weighted by atomic mass is 9.81. The van der Waals surface area contributed by atoms with Gasteiger partial charge in [-0.3, -0.25) is 24.0 Å². The van der Waals surface area contributed by atoms with E-state index in [9.17, 15) is 33.9 Å². The van der Waals surface area contributed by atoms with Gasteiger partial charge in [-0.15, -0.1) is 11.8 Å². The molecule has 3 aromatic rings. The third-order valence-corrected chi connectivity index (χ3v) is 11.5. The zero-order valence-electron chi connectivity index (χ0n) is 26.1. The van der Waals surface area contributed by atoms with Gasteiger partial charge in [0.25, 0.3) is 5.91 Å². The Hall–Kier alpha value is -4.65. The first-order chi connectivity index (χ1) is 22.4. The van der Waals surface area contributed by atoms with E-state index in [0.29, 0.717) is 16.6 Å². The molecule has 1 aromatic heterocycles. The zero-order valence-corrected chi connectivity index (χ0v) is 26.9. The Morgan fingerprint density at radius 3 is 2.45 bits per heavy atom. The molecule has 4 N–H and O–H groups in total. The molecule has 0 spiro atoms. The molecule has 4 aliphatic rings. The molecule has 0 bridgehead atoms. The number of anilines is 1. The van der Waals surface area contributed by atoms with Crippen molar-refractivity contribution in [3.63, 3.8) is 0 Å². The fourth-order valence-corrected chi connectivity index (χ4v) is 9.52. The van der Waals surface area contributed by atoms with E-state index >= 15 is 0 Å². The van der Waals surface area contributed by atoms with E-state index < -0.39 is 57.4 Å². The summed E-state index contributed by atoms with van der Waals surface area (Å²) < 4.78 is 1.23. The van der Waals surface area contributed by atoms with Crippen LogP contribution in [0.5, 0.6) is 0 Å². The van der Waals surface area contributed by atoms with Crippen LogP contribution in [-0.4, -0.2) is 66.4 Å². The van der Waals surface area contributed by atoms with Gasteiger partial charge >= 0.3 is 5.97 Å². The van der Waals surface area contributed by atoms with Crippen LogP contribution in [0.25, 0.3) is 10.9 Å². The summed E-state index contributed by atoms with van der Waals surface area (Å²) in [6, 6.07) is 8.68. The van der Waals surface area contributed by atoms with Crippen LogP contribution in [0, 0.1) is 0 Å². The first kappa shape index (κ1) is 31.0. The Balaban J connectivity index is 1.21. The van der Waals surface area contributed by atoms with Crippen molar-refractivity contribution in [1.82, 2.24) is 20.1 Å². The summed E-state index contributed by atoms with van der Waals surface area (Å²) in [5, 5.41) is 18.0. The van der Waals surface area contributed by atoms with Crippen molar-refractivity contribution in [2.24, 2.45) is 0 Å². The van der Waals surface area contributed by atoms with Gasteiger partial charge in [0.15, 0.2) is 0 Å². The van der Waals surface area contributed by atoms with Gasteiger partial charge in [0.05, 0.1) is 5.52 Å². The highest BCUT2D eigenvalue weighted by Gasteiger charge is 2.64. The molecule has 244 valence electrons. The second-order valence-corrected chi connectivity index (χ2v) is 15.0. The molecule has 6 unspecified atom stereocenters. The molecular formula is C34H35N5O7S. The topological polar surface area (TPSA) is 167 Å². The van der Waals surface area contributed by atoms with E-state index in [2.05, 4.69) is 16.0 Å². The Bertz CT molecular complexity index is 1930. The number of carboxylic acid groups (broad SMARTS) is 1. The van der Waals surface area contributed by atoms with E-state index in [1.807, 2.05) is 4.57 Å². The molecule has 12 nitrogen and oxygen atoms in total. The fourth-order valence-electron chi connectivity index (χ4n) is 7.89. The number of pyridine rings is 1. The largest absolute Gasteiger partial charge is 0.480 e. The quantitative estimate of drug-likeness (QED) is 0.281. The predicted octanol–water partition coefficient (Wildman–Crippen LogP) is 3.28. The maximum Gasteiger partial charge on any atom is 0.327 e. The standard InChI is InChI=1S/C34H35N5O7S/c1-16(40)35-21-14-13-19-26-23(21)18-11-7-8-12-22(18)38(26)15-20(27(19)41)29(42)36-24(17-9-5-4-6-10-17)30(43)37-25-31(44)39-28(33(45)46)34(2,3)47-32(25)39/h4-6,9-10,13-15,18,22,24-25,28,32H,7-8,11-12H2,1-3H3,(H,35,40)(H,36,42)(H,37,43)(H,45,46). The average molecular weight is 658 g/mol. The molecule has 4 amide bonds. The van der Waals surface area contributed by atoms with E-state index in [1.165, 1.54) is 23.6 Å². The van der Waals surface area contributed by atoms with Crippen LogP contribution in [0.4, 0.5) is 5.69 Å². The lowest BCUT2D eigenvalue weighted by Crippen LogP contribution is -2.71. The van der Waals surface area contributed by atoms with Gasteiger partial charge in [-0.1, -0.05) is 43.2 Å². The number of hydrogen-bond donors (Lipinski definition) is 4. The number of nitrogens with one attached hydrogen (secondary N) is 3. The summed E-state index contributed by atoms with van der Waals surface area (Å²) in [6.07, 6.45) is 5.35. The zero-order chi connectivity index (χ0) is 33.4. The van der Waals surface area contributed by atoms with Gasteiger partial charge in [-0.2, -0.15) is 0 Å². The van der Waals surface area contributed by atoms with Gasteiger partial charge in [0.1, 0.15) is 29.1 Å². The molecule has 1 aliphatic carbocycles. The normalized spacial score (nSPS) is 25.7. The highest BCUT2D eigenvalue weighted by Crippen LogP contribution is 2.52. The van der Waals surface area contributed by atoms with Gasteiger partial charge < -0.3 is 30.5 Å². The van der Waals surface area contributed by atoms with Gasteiger partial charge in [0, 0.05) is 46.5 Å². The van der Waals surface area contributed by atoms with Gasteiger partial charge in [-0.05, 0) is 44.4 Å². The molecule has 1 saturated carbocycles. The number of nitrogens with zero attached hydrogens (tertiary/aromatic N) is 2. The molecule has 3 fully saturated rings. The molecule has 7 rings (SSSR count). The SMILES string of the molecule is CC(=O)Nc1ccc2c(=O)c(C(=O)NC(C(=O)NC3C(=O)N4C3SC(C)(C)C4C(=O)O)c3ccccc3)cn3c2c1C1CCCCC13. The maximum atomic E-state index is 14.0. The summed E-state index contributed by atoms with van der Waals surface area (Å²) in [4.78, 5) is 80.0. The Kier molecular flexibility index (Phi) is 7.42. The number of rotatable bonds is 7. The van der Waals surface area contributed by atoms with Crippen LogP contribution in [-0.2, 0) is 19.2 Å². The summed E-state index contributed by atoms with van der Waals surface area (Å²) in [5.74, 6) is -3.11. The van der Waals surface area contributed by atoms with Crippen LogP contribution in [0.3, 0.4) is 0 Å². The first-order valence-corrected chi connectivity index (χ1v) is 16.7. The number of carbonyl (C=O) groups is 5. The van der Waals surface area contributed by atoms with Gasteiger partial charge in [-0.25, -0.2) is 4.79 Å². The van der Waals surface area contributed by atoms with Crippen LogP contribution in [0.2, 0.25) is 0 Å². The third-order valence-electron chi connectivity index (χ3n) is 9.89. The van der Waals surface area contributed by atoms with Crippen molar-refractivity contribution < 1.29 is 29.1 Å². The predicted molar refractivity (Wildman–Crippen MR) is 175 cm³/mol. The third kappa shape index (κ3) is 4.90. The molecule has 2 saturated heterocycles. The van der Waals surface area contributed by atoms with E-state index in [-0.39, 0.29) is 23.4 Å². The number of hydrogen-bond acceptors (Lipinski definition) is 7. The minimum Gasteiger partial charge on any atom is -0.480 e. The highest BCUT2D eigenvalue weighted by atomic mass is 32.2. The van der Waals surface area contributed by atoms with Gasteiger partial charge in [0.2, 0.25) is 23.2 Å². The Labute approximate surface area is 274 Å². The van der Waals surface area contributed by atoms with Crippen molar-refractivity contribution in [1.29, 1.82) is 0 Å². The van der Waals surface area contributed by atoms with Crippen LogP contribution in [0.15, 0.2) is 53.5 Å². The van der Waals surface area contributed by atoms with E-state index in [4.69, 9.17) is 0 Å². The number of β-lactam (4-membered cyclic amide) rings is 1. The fraction of sp³-hybridized carbons (Fsp3) is 0.412. The lowest BCUT2D eigenvalue weighted by molar-refractivity contribution is -0.161. The molecule has 13 heteroatoms. The minimum absolute atomic E-state index is 0.0203. The highest BCUT2D eigenvalue weighted by molar-refractivity contribution is 8.01. The minimum atomic E-state index is -1.24. The van der Waals surface area contributed by atoms with E-state index in [0.717, 1.165) is 36.8 Å². The van der Waals surface area contributed by atoms with Crippen molar-refractivity contribution in [2.75, 3.05) is 5.32 Å². The summed E-state index contributed by atoms with van der Waals surface area (Å²) >= 11 is 1.31. The lowest BCUT2D eigenvalue weighted by Gasteiger charge is -2.44.